The molecule has 0 aliphatic heterocycles. The summed E-state index contributed by atoms with van der Waals surface area (Å²) in [6.45, 7) is 6.11. The van der Waals surface area contributed by atoms with Gasteiger partial charge in [-0.3, -0.25) is 19.1 Å². The van der Waals surface area contributed by atoms with E-state index in [1.807, 2.05) is 44.3 Å². The molecule has 10 heteroatoms. The summed E-state index contributed by atoms with van der Waals surface area (Å²) in [5.74, 6) is 0.781. The molecule has 174 valence electrons. The Labute approximate surface area is 195 Å². The Bertz CT molecular complexity index is 1250. The molecular weight excluding hydrogens is 440 g/mol. The van der Waals surface area contributed by atoms with E-state index in [-0.39, 0.29) is 11.7 Å². The summed E-state index contributed by atoms with van der Waals surface area (Å²) in [7, 11) is -1.08. The maximum absolute atomic E-state index is 10.3. The monoisotopic (exact) mass is 468 g/mol. The molecule has 3 N–H and O–H groups in total. The molecule has 33 heavy (non-hydrogen) atoms. The van der Waals surface area contributed by atoms with Crippen molar-refractivity contribution in [3.05, 3.63) is 60.2 Å². The highest BCUT2D eigenvalue weighted by Gasteiger charge is 2.22. The molecule has 0 atom stereocenters. The summed E-state index contributed by atoms with van der Waals surface area (Å²) in [5, 5.41) is 11.3. The minimum Gasteiger partial charge on any atom is -0.416 e. The van der Waals surface area contributed by atoms with Gasteiger partial charge in [0.15, 0.2) is 5.03 Å². The first-order valence-corrected chi connectivity index (χ1v) is 12.0. The molecule has 0 aliphatic carbocycles. The van der Waals surface area contributed by atoms with Gasteiger partial charge in [-0.2, -0.15) is 0 Å². The van der Waals surface area contributed by atoms with E-state index in [1.54, 1.807) is 20.0 Å². The lowest BCUT2D eigenvalue weighted by molar-refractivity contribution is 0.471. The minimum absolute atomic E-state index is 0. The third-order valence-corrected chi connectivity index (χ3v) is 7.35. The number of hydrogen-bond acceptors (Lipinski definition) is 9. The van der Waals surface area contributed by atoms with Crippen LogP contribution in [-0.2, 0) is 6.54 Å². The quantitative estimate of drug-likeness (QED) is 0.341. The number of nitrogens with one attached hydrogen (secondary N) is 1. The van der Waals surface area contributed by atoms with Gasteiger partial charge in [-0.25, -0.2) is 4.98 Å². The number of pyridine rings is 1. The second-order valence-electron chi connectivity index (χ2n) is 7.88. The average Bonchev–Trinajstić information content (AvgIpc) is 3.30. The van der Waals surface area contributed by atoms with E-state index in [2.05, 4.69) is 30.5 Å². The van der Waals surface area contributed by atoms with Crippen LogP contribution in [0.2, 0.25) is 0 Å². The number of nitrogens with zero attached hydrogens (tertiary/aromatic N) is 5. The molecule has 4 aromatic rings. The lowest BCUT2D eigenvalue weighted by Gasteiger charge is -2.34. The highest BCUT2D eigenvalue weighted by molar-refractivity contribution is 8.24. The molecule has 0 amide bonds. The number of rotatable bonds is 7. The van der Waals surface area contributed by atoms with Gasteiger partial charge in [0.2, 0.25) is 11.8 Å². The van der Waals surface area contributed by atoms with Gasteiger partial charge in [0, 0.05) is 36.2 Å². The van der Waals surface area contributed by atoms with Crippen molar-refractivity contribution in [2.75, 3.05) is 7.05 Å². The van der Waals surface area contributed by atoms with Gasteiger partial charge in [0.05, 0.1) is 23.7 Å². The van der Waals surface area contributed by atoms with E-state index in [0.29, 0.717) is 28.6 Å². The van der Waals surface area contributed by atoms with Crippen molar-refractivity contribution in [3.8, 4) is 34.2 Å². The summed E-state index contributed by atoms with van der Waals surface area (Å²) in [6, 6.07) is 9.79. The van der Waals surface area contributed by atoms with E-state index < -0.39 is 10.6 Å². The highest BCUT2D eigenvalue weighted by Crippen LogP contribution is 2.50. The van der Waals surface area contributed by atoms with Crippen LogP contribution in [0.15, 0.2) is 58.4 Å². The first-order valence-electron chi connectivity index (χ1n) is 10.4. The maximum Gasteiger partial charge on any atom is 0.250 e. The van der Waals surface area contributed by atoms with Crippen LogP contribution in [0.3, 0.4) is 0 Å². The number of aromatic nitrogens is 5. The van der Waals surface area contributed by atoms with Crippen molar-refractivity contribution in [3.63, 3.8) is 0 Å². The van der Waals surface area contributed by atoms with Gasteiger partial charge < -0.3 is 9.73 Å². The molecule has 3 heterocycles. The summed E-state index contributed by atoms with van der Waals surface area (Å²) in [4.78, 5) is 13.0. The summed E-state index contributed by atoms with van der Waals surface area (Å²) >= 11 is 0. The fourth-order valence-corrected chi connectivity index (χ4v) is 4.07. The second kappa shape index (κ2) is 9.36. The predicted octanol–water partition coefficient (Wildman–Crippen LogP) is 5.05. The second-order valence-corrected chi connectivity index (χ2v) is 10.4. The van der Waals surface area contributed by atoms with Gasteiger partial charge in [-0.1, -0.05) is 12.1 Å². The lowest BCUT2D eigenvalue weighted by atomic mass is 10.1. The molecule has 9 nitrogen and oxygen atoms in total. The maximum atomic E-state index is 10.3. The van der Waals surface area contributed by atoms with Crippen LogP contribution >= 0.6 is 10.6 Å². The SMILES string of the molecule is CNCc1ccc(-c2nnc(-c3cc(-c4cnc(S(O)(O)C(C)C)cn4)cnc3C)o2)cc1.[HH]. The topological polar surface area (TPSA) is 130 Å². The molecule has 0 aliphatic rings. The summed E-state index contributed by atoms with van der Waals surface area (Å²) < 4.78 is 26.5. The van der Waals surface area contributed by atoms with E-state index in [9.17, 15) is 9.11 Å². The molecule has 0 fully saturated rings. The van der Waals surface area contributed by atoms with Crippen molar-refractivity contribution < 1.29 is 14.9 Å². The Morgan fingerprint density at radius 1 is 0.970 bits per heavy atom. The Morgan fingerprint density at radius 3 is 2.33 bits per heavy atom. The zero-order chi connectivity index (χ0) is 23.6. The van der Waals surface area contributed by atoms with Crippen molar-refractivity contribution in [1.29, 1.82) is 0 Å². The van der Waals surface area contributed by atoms with E-state index >= 15 is 0 Å². The third-order valence-electron chi connectivity index (χ3n) is 5.21. The van der Waals surface area contributed by atoms with Crippen molar-refractivity contribution in [2.24, 2.45) is 0 Å². The standard InChI is InChI=1S/C23H26N6O3S.H2/c1-14(2)33(30,31)21-13-26-20(12-27-21)18-9-19(15(3)25-11-18)23-29-28-22(32-23)17-7-5-16(6-8-17)10-24-4;/h5-9,11-14,24,30-31H,10H2,1-4H3;1H. The molecule has 0 bridgehead atoms. The zero-order valence-corrected chi connectivity index (χ0v) is 19.7. The van der Waals surface area contributed by atoms with Crippen LogP contribution in [0.4, 0.5) is 0 Å². The molecular formula is C23H28N6O3S. The fourth-order valence-electron chi connectivity index (χ4n) is 3.17. The Kier molecular flexibility index (Phi) is 6.52. The van der Waals surface area contributed by atoms with Crippen molar-refractivity contribution in [1.82, 2.24) is 30.5 Å². The van der Waals surface area contributed by atoms with Gasteiger partial charge in [0.25, 0.3) is 0 Å². The fraction of sp³-hybridized carbons (Fsp3) is 0.261. The molecule has 0 spiro atoms. The van der Waals surface area contributed by atoms with Crippen LogP contribution in [0.25, 0.3) is 34.2 Å². The predicted molar refractivity (Wildman–Crippen MR) is 130 cm³/mol. The van der Waals surface area contributed by atoms with Crippen LogP contribution in [-0.4, -0.2) is 46.6 Å². The number of aryl methyl sites for hydroxylation is 1. The Balaban J connectivity index is 0.00000324. The summed E-state index contributed by atoms with van der Waals surface area (Å²) in [6.07, 6.45) is 4.58. The molecule has 0 radical (unpaired) electrons. The molecule has 0 unspecified atom stereocenters. The molecule has 0 saturated carbocycles. The van der Waals surface area contributed by atoms with Crippen LogP contribution in [0, 0.1) is 6.92 Å². The normalized spacial score (nSPS) is 12.3. The largest absolute Gasteiger partial charge is 0.416 e. The van der Waals surface area contributed by atoms with E-state index in [4.69, 9.17) is 4.42 Å². The molecule has 4 rings (SSSR count). The first kappa shape index (κ1) is 23.0. The van der Waals surface area contributed by atoms with Gasteiger partial charge in [-0.15, -0.1) is 20.8 Å². The molecule has 1 aromatic carbocycles. The van der Waals surface area contributed by atoms with Gasteiger partial charge in [0.1, 0.15) is 0 Å². The lowest BCUT2D eigenvalue weighted by Crippen LogP contribution is -2.12. The first-order chi connectivity index (χ1) is 15.8. The van der Waals surface area contributed by atoms with Gasteiger partial charge >= 0.3 is 0 Å². The minimum atomic E-state index is -2.99. The summed E-state index contributed by atoms with van der Waals surface area (Å²) in [5.41, 5.74) is 4.67. The highest BCUT2D eigenvalue weighted by atomic mass is 32.3. The Hall–Kier alpha value is -3.18. The van der Waals surface area contributed by atoms with Crippen LogP contribution in [0.1, 0.15) is 26.5 Å². The van der Waals surface area contributed by atoms with Crippen LogP contribution in [0.5, 0.6) is 0 Å². The van der Waals surface area contributed by atoms with Crippen molar-refractivity contribution in [2.45, 2.75) is 37.6 Å². The Morgan fingerprint density at radius 2 is 1.70 bits per heavy atom. The third kappa shape index (κ3) is 4.79. The van der Waals surface area contributed by atoms with E-state index in [0.717, 1.165) is 23.4 Å². The van der Waals surface area contributed by atoms with E-state index in [1.165, 1.54) is 12.4 Å². The smallest absolute Gasteiger partial charge is 0.250 e. The number of benzene rings is 1. The van der Waals surface area contributed by atoms with Crippen LogP contribution < -0.4 is 5.32 Å². The number of hydrogen-bond donors (Lipinski definition) is 3. The zero-order valence-electron chi connectivity index (χ0n) is 18.9. The molecule has 0 saturated heterocycles. The van der Waals surface area contributed by atoms with Crippen molar-refractivity contribution >= 4 is 10.6 Å². The van der Waals surface area contributed by atoms with Gasteiger partial charge in [-0.05, 0) is 51.6 Å². The average molecular weight is 469 g/mol. The molecule has 3 aromatic heterocycles.